The summed E-state index contributed by atoms with van der Waals surface area (Å²) in [7, 11) is 1.64. The van der Waals surface area contributed by atoms with Crippen LogP contribution >= 0.6 is 11.8 Å². The average Bonchev–Trinajstić information content (AvgIpc) is 2.67. The Morgan fingerprint density at radius 2 is 1.92 bits per heavy atom. The number of rotatable bonds is 4. The van der Waals surface area contributed by atoms with Gasteiger partial charge in [0.25, 0.3) is 5.69 Å². The van der Waals surface area contributed by atoms with Crippen molar-refractivity contribution in [3.63, 3.8) is 0 Å². The van der Waals surface area contributed by atoms with Crippen molar-refractivity contribution in [2.24, 2.45) is 0 Å². The van der Waals surface area contributed by atoms with Crippen molar-refractivity contribution >= 4 is 23.3 Å². The lowest BCUT2D eigenvalue weighted by Crippen LogP contribution is -2.44. The maximum absolute atomic E-state index is 7.55. The molecule has 1 aliphatic rings. The molecule has 0 spiro atoms. The maximum Gasteiger partial charge on any atom is 0.259 e. The number of thioether (sulfide) groups is 1. The third-order valence-corrected chi connectivity index (χ3v) is 4.57. The van der Waals surface area contributed by atoms with E-state index in [1.165, 1.54) is 11.8 Å². The molecule has 1 aromatic heterocycles. The van der Waals surface area contributed by atoms with Gasteiger partial charge in [0.15, 0.2) is 5.82 Å². The summed E-state index contributed by atoms with van der Waals surface area (Å²) in [6.07, 6.45) is 1.94. The first-order valence-electron chi connectivity index (χ1n) is 7.70. The van der Waals surface area contributed by atoms with Gasteiger partial charge in [0.2, 0.25) is 0 Å². The standard InChI is InChI=1S/C17H19N5OS/c1-18-14-16(22-10-8-19-9-11-22)20-15(21-17(14)24-3)12-4-6-13(23-2)7-5-12/h4-7,19H,8-11H2,2-3H3. The third kappa shape index (κ3) is 3.30. The first-order chi connectivity index (χ1) is 11.8. The molecule has 0 aliphatic carbocycles. The molecule has 3 rings (SSSR count). The summed E-state index contributed by atoms with van der Waals surface area (Å²) >= 11 is 1.48. The highest BCUT2D eigenvalue weighted by Gasteiger charge is 2.21. The van der Waals surface area contributed by atoms with Crippen molar-refractivity contribution in [1.29, 1.82) is 0 Å². The highest BCUT2D eigenvalue weighted by molar-refractivity contribution is 7.98. The zero-order valence-corrected chi connectivity index (χ0v) is 14.6. The number of piperazine rings is 1. The number of methoxy groups -OCH3 is 1. The molecule has 0 amide bonds. The molecule has 7 heteroatoms. The van der Waals surface area contributed by atoms with Crippen LogP contribution in [-0.2, 0) is 0 Å². The molecule has 1 saturated heterocycles. The van der Waals surface area contributed by atoms with Gasteiger partial charge in [-0.05, 0) is 30.5 Å². The van der Waals surface area contributed by atoms with E-state index in [9.17, 15) is 0 Å². The van der Waals surface area contributed by atoms with Crippen LogP contribution in [0.3, 0.4) is 0 Å². The summed E-state index contributed by atoms with van der Waals surface area (Å²) in [6.45, 7) is 11.0. The van der Waals surface area contributed by atoms with E-state index in [1.807, 2.05) is 30.5 Å². The Balaban J connectivity index is 2.07. The fraction of sp³-hybridized carbons (Fsp3) is 0.353. The van der Waals surface area contributed by atoms with Crippen LogP contribution in [-0.4, -0.2) is 49.5 Å². The van der Waals surface area contributed by atoms with Gasteiger partial charge in [-0.2, -0.15) is 0 Å². The molecule has 0 saturated carbocycles. The van der Waals surface area contributed by atoms with Gasteiger partial charge in [-0.25, -0.2) is 14.8 Å². The minimum Gasteiger partial charge on any atom is -0.497 e. The molecule has 1 aromatic carbocycles. The van der Waals surface area contributed by atoms with E-state index in [0.29, 0.717) is 11.5 Å². The fourth-order valence-corrected chi connectivity index (χ4v) is 3.14. The van der Waals surface area contributed by atoms with Crippen LogP contribution in [0.15, 0.2) is 29.3 Å². The van der Waals surface area contributed by atoms with Crippen molar-refractivity contribution in [3.8, 4) is 17.1 Å². The minimum atomic E-state index is 0.543. The van der Waals surface area contributed by atoms with E-state index in [0.717, 1.165) is 48.3 Å². The van der Waals surface area contributed by atoms with Gasteiger partial charge in [-0.15, -0.1) is 11.8 Å². The number of aromatic nitrogens is 2. The summed E-state index contributed by atoms with van der Waals surface area (Å²) in [5.74, 6) is 2.17. The number of anilines is 1. The molecule has 6 nitrogen and oxygen atoms in total. The zero-order chi connectivity index (χ0) is 16.9. The Hall–Kier alpha value is -2.30. The molecule has 0 unspecified atom stereocenters. The summed E-state index contributed by atoms with van der Waals surface area (Å²) in [4.78, 5) is 15.2. The minimum absolute atomic E-state index is 0.543. The van der Waals surface area contributed by atoms with Gasteiger partial charge in [-0.3, -0.25) is 0 Å². The molecular weight excluding hydrogens is 322 g/mol. The quantitative estimate of drug-likeness (QED) is 0.524. The van der Waals surface area contributed by atoms with Gasteiger partial charge in [0.05, 0.1) is 13.7 Å². The number of hydrogen-bond acceptors (Lipinski definition) is 6. The predicted molar refractivity (Wildman–Crippen MR) is 97.1 cm³/mol. The molecule has 2 heterocycles. The van der Waals surface area contributed by atoms with Gasteiger partial charge >= 0.3 is 0 Å². The van der Waals surface area contributed by atoms with E-state index in [-0.39, 0.29) is 0 Å². The van der Waals surface area contributed by atoms with Crippen LogP contribution in [0.5, 0.6) is 5.75 Å². The lowest BCUT2D eigenvalue weighted by molar-refractivity contribution is 0.415. The van der Waals surface area contributed by atoms with Crippen LogP contribution in [0.4, 0.5) is 11.5 Å². The Morgan fingerprint density at radius 1 is 1.21 bits per heavy atom. The van der Waals surface area contributed by atoms with Gasteiger partial charge < -0.3 is 15.0 Å². The van der Waals surface area contributed by atoms with Crippen LogP contribution in [0, 0.1) is 6.57 Å². The highest BCUT2D eigenvalue weighted by Crippen LogP contribution is 2.37. The first kappa shape index (κ1) is 16.6. The Kier molecular flexibility index (Phi) is 5.18. The third-order valence-electron chi connectivity index (χ3n) is 3.90. The molecule has 1 aliphatic heterocycles. The second kappa shape index (κ2) is 7.51. The number of ether oxygens (including phenoxy) is 1. The van der Waals surface area contributed by atoms with Crippen molar-refractivity contribution in [2.75, 3.05) is 44.4 Å². The Labute approximate surface area is 146 Å². The molecule has 1 N–H and O–H groups in total. The average molecular weight is 341 g/mol. The summed E-state index contributed by atoms with van der Waals surface area (Å²) in [5.41, 5.74) is 1.46. The van der Waals surface area contributed by atoms with E-state index in [2.05, 4.69) is 20.0 Å². The highest BCUT2D eigenvalue weighted by atomic mass is 32.2. The van der Waals surface area contributed by atoms with Crippen LogP contribution in [0.2, 0.25) is 0 Å². The summed E-state index contributed by atoms with van der Waals surface area (Å²) in [6, 6.07) is 7.67. The fourth-order valence-electron chi connectivity index (χ4n) is 2.63. The normalized spacial score (nSPS) is 14.3. The van der Waals surface area contributed by atoms with Crippen molar-refractivity contribution in [3.05, 3.63) is 35.7 Å². The molecule has 0 radical (unpaired) electrons. The van der Waals surface area contributed by atoms with Gasteiger partial charge in [0.1, 0.15) is 16.6 Å². The number of hydrogen-bond donors (Lipinski definition) is 1. The maximum atomic E-state index is 7.55. The Bertz CT molecular complexity index is 751. The number of nitrogens with one attached hydrogen (secondary N) is 1. The molecule has 2 aromatic rings. The van der Waals surface area contributed by atoms with Crippen molar-refractivity contribution in [2.45, 2.75) is 5.03 Å². The number of nitrogens with zero attached hydrogens (tertiary/aromatic N) is 4. The number of benzene rings is 1. The molecule has 24 heavy (non-hydrogen) atoms. The van der Waals surface area contributed by atoms with Crippen LogP contribution in [0.25, 0.3) is 16.2 Å². The lowest BCUT2D eigenvalue weighted by atomic mass is 10.2. The largest absolute Gasteiger partial charge is 0.497 e. The smallest absolute Gasteiger partial charge is 0.259 e. The second-order valence-corrected chi connectivity index (χ2v) is 6.10. The molecule has 0 bridgehead atoms. The van der Waals surface area contributed by atoms with E-state index in [4.69, 9.17) is 16.3 Å². The molecule has 0 atom stereocenters. The lowest BCUT2D eigenvalue weighted by Gasteiger charge is -2.29. The molecule has 124 valence electrons. The topological polar surface area (TPSA) is 54.6 Å². The summed E-state index contributed by atoms with van der Waals surface area (Å²) in [5, 5.41) is 4.05. The van der Waals surface area contributed by atoms with Crippen molar-refractivity contribution < 1.29 is 4.74 Å². The van der Waals surface area contributed by atoms with E-state index >= 15 is 0 Å². The second-order valence-electron chi connectivity index (χ2n) is 5.31. The van der Waals surface area contributed by atoms with Crippen LogP contribution in [0.1, 0.15) is 0 Å². The Morgan fingerprint density at radius 3 is 2.50 bits per heavy atom. The predicted octanol–water partition coefficient (Wildman–Crippen LogP) is 2.83. The van der Waals surface area contributed by atoms with Crippen molar-refractivity contribution in [1.82, 2.24) is 15.3 Å². The SMILES string of the molecule is [C-]#[N+]c1c(SC)nc(-c2ccc(OC)cc2)nc1N1CCNCC1. The monoisotopic (exact) mass is 341 g/mol. The summed E-state index contributed by atoms with van der Waals surface area (Å²) < 4.78 is 5.21. The van der Waals surface area contributed by atoms with E-state index < -0.39 is 0 Å². The van der Waals surface area contributed by atoms with E-state index in [1.54, 1.807) is 7.11 Å². The first-order valence-corrected chi connectivity index (χ1v) is 8.93. The van der Waals surface area contributed by atoms with Gasteiger partial charge in [0, 0.05) is 31.7 Å². The van der Waals surface area contributed by atoms with Crippen LogP contribution < -0.4 is 15.0 Å². The molecule has 1 fully saturated rings. The van der Waals surface area contributed by atoms with Gasteiger partial charge in [-0.1, -0.05) is 0 Å². The molecular formula is C17H19N5OS. The zero-order valence-electron chi connectivity index (χ0n) is 13.7.